The normalized spacial score (nSPS) is 12.6. The van der Waals surface area contributed by atoms with Crippen LogP contribution in [0.2, 0.25) is 0 Å². The molecular formula is C12H24N2O2. The number of carbonyl (C=O) groups excluding carboxylic acids is 2. The molecule has 0 bridgehead atoms. The van der Waals surface area contributed by atoms with Crippen LogP contribution in [0.5, 0.6) is 0 Å². The molecule has 4 heteroatoms. The average molecular weight is 228 g/mol. The van der Waals surface area contributed by atoms with Gasteiger partial charge in [-0.05, 0) is 19.3 Å². The molecule has 0 saturated carbocycles. The fourth-order valence-electron chi connectivity index (χ4n) is 1.41. The molecule has 0 heterocycles. The van der Waals surface area contributed by atoms with Crippen LogP contribution in [-0.2, 0) is 9.59 Å². The van der Waals surface area contributed by atoms with Gasteiger partial charge in [0.1, 0.15) is 0 Å². The second-order valence-electron chi connectivity index (χ2n) is 4.36. The van der Waals surface area contributed by atoms with Gasteiger partial charge in [-0.3, -0.25) is 9.59 Å². The zero-order valence-electron chi connectivity index (χ0n) is 10.6. The number of rotatable bonds is 8. The van der Waals surface area contributed by atoms with Crippen LogP contribution in [0.3, 0.4) is 0 Å². The summed E-state index contributed by atoms with van der Waals surface area (Å²) < 4.78 is 0. The minimum atomic E-state index is -0.345. The van der Waals surface area contributed by atoms with Crippen molar-refractivity contribution in [2.75, 3.05) is 6.54 Å². The fraction of sp³-hybridized carbons (Fsp3) is 0.833. The number of unbranched alkanes of at least 4 members (excludes halogenated alkanes) is 1. The van der Waals surface area contributed by atoms with Crippen LogP contribution in [0, 0.1) is 5.92 Å². The maximum atomic E-state index is 11.5. The molecule has 1 amide bonds. The Kier molecular flexibility index (Phi) is 7.81. The summed E-state index contributed by atoms with van der Waals surface area (Å²) in [6.07, 6.45) is 2.98. The monoisotopic (exact) mass is 228 g/mol. The van der Waals surface area contributed by atoms with E-state index in [2.05, 4.69) is 5.32 Å². The lowest BCUT2D eigenvalue weighted by Gasteiger charge is -2.12. The van der Waals surface area contributed by atoms with E-state index in [0.29, 0.717) is 19.4 Å². The highest BCUT2D eigenvalue weighted by molar-refractivity contribution is 5.85. The molecule has 1 unspecified atom stereocenters. The molecule has 94 valence electrons. The van der Waals surface area contributed by atoms with E-state index in [1.165, 1.54) is 0 Å². The first kappa shape index (κ1) is 15.1. The van der Waals surface area contributed by atoms with Gasteiger partial charge in [0.2, 0.25) is 5.91 Å². The van der Waals surface area contributed by atoms with Crippen LogP contribution in [-0.4, -0.2) is 24.3 Å². The number of hydrogen-bond donors (Lipinski definition) is 2. The SMILES string of the molecule is CCC(=O)NCCCCC(N)C(=O)C(C)C. The molecule has 0 saturated heterocycles. The van der Waals surface area contributed by atoms with Crippen molar-refractivity contribution >= 4 is 11.7 Å². The van der Waals surface area contributed by atoms with E-state index in [1.54, 1.807) is 0 Å². The molecule has 0 aliphatic heterocycles. The van der Waals surface area contributed by atoms with Gasteiger partial charge in [0.25, 0.3) is 0 Å². The van der Waals surface area contributed by atoms with Crippen LogP contribution in [0.1, 0.15) is 46.5 Å². The lowest BCUT2D eigenvalue weighted by molar-refractivity contribution is -0.123. The molecule has 0 aromatic carbocycles. The number of Topliss-reactive ketones (excluding diaryl/α,β-unsaturated/α-hetero) is 1. The molecule has 0 spiro atoms. The number of hydrogen-bond acceptors (Lipinski definition) is 3. The second kappa shape index (κ2) is 8.28. The van der Waals surface area contributed by atoms with Crippen molar-refractivity contribution in [2.24, 2.45) is 11.7 Å². The maximum absolute atomic E-state index is 11.5. The first-order chi connectivity index (χ1) is 7.49. The van der Waals surface area contributed by atoms with Crippen LogP contribution in [0.25, 0.3) is 0 Å². The minimum Gasteiger partial charge on any atom is -0.356 e. The molecule has 0 aliphatic rings. The Labute approximate surface area is 98.0 Å². The van der Waals surface area contributed by atoms with Crippen molar-refractivity contribution in [3.8, 4) is 0 Å². The lowest BCUT2D eigenvalue weighted by atomic mass is 9.98. The standard InChI is InChI=1S/C12H24N2O2/c1-4-11(15)14-8-6-5-7-10(13)12(16)9(2)3/h9-10H,4-8,13H2,1-3H3,(H,14,15). The van der Waals surface area contributed by atoms with Gasteiger partial charge in [-0.25, -0.2) is 0 Å². The summed E-state index contributed by atoms with van der Waals surface area (Å²) in [5.41, 5.74) is 5.75. The van der Waals surface area contributed by atoms with Gasteiger partial charge in [0.15, 0.2) is 5.78 Å². The van der Waals surface area contributed by atoms with Gasteiger partial charge >= 0.3 is 0 Å². The minimum absolute atomic E-state index is 0.00907. The molecular weight excluding hydrogens is 204 g/mol. The fourth-order valence-corrected chi connectivity index (χ4v) is 1.41. The maximum Gasteiger partial charge on any atom is 0.219 e. The van der Waals surface area contributed by atoms with E-state index in [1.807, 2.05) is 20.8 Å². The third-order valence-corrected chi connectivity index (χ3v) is 2.52. The number of nitrogens with one attached hydrogen (secondary N) is 1. The smallest absolute Gasteiger partial charge is 0.219 e. The van der Waals surface area contributed by atoms with Gasteiger partial charge in [0.05, 0.1) is 6.04 Å². The Morgan fingerprint density at radius 1 is 1.25 bits per heavy atom. The molecule has 0 radical (unpaired) electrons. The lowest BCUT2D eigenvalue weighted by Crippen LogP contribution is -2.33. The predicted molar refractivity (Wildman–Crippen MR) is 65.0 cm³/mol. The first-order valence-corrected chi connectivity index (χ1v) is 6.05. The summed E-state index contributed by atoms with van der Waals surface area (Å²) in [6.45, 7) is 6.23. The predicted octanol–water partition coefficient (Wildman–Crippen LogP) is 1.24. The zero-order chi connectivity index (χ0) is 12.6. The molecule has 0 fully saturated rings. The zero-order valence-corrected chi connectivity index (χ0v) is 10.6. The van der Waals surface area contributed by atoms with E-state index >= 15 is 0 Å². The van der Waals surface area contributed by atoms with Crippen molar-refractivity contribution in [1.29, 1.82) is 0 Å². The first-order valence-electron chi connectivity index (χ1n) is 6.05. The summed E-state index contributed by atoms with van der Waals surface area (Å²) in [5, 5.41) is 2.79. The third-order valence-electron chi connectivity index (χ3n) is 2.52. The molecule has 0 rings (SSSR count). The van der Waals surface area contributed by atoms with E-state index in [0.717, 1.165) is 12.8 Å². The molecule has 1 atom stereocenters. The third kappa shape index (κ3) is 6.56. The topological polar surface area (TPSA) is 72.2 Å². The van der Waals surface area contributed by atoms with Crippen molar-refractivity contribution in [2.45, 2.75) is 52.5 Å². The van der Waals surface area contributed by atoms with Gasteiger partial charge < -0.3 is 11.1 Å². The quantitative estimate of drug-likeness (QED) is 0.614. The summed E-state index contributed by atoms with van der Waals surface area (Å²) >= 11 is 0. The summed E-state index contributed by atoms with van der Waals surface area (Å²) in [7, 11) is 0. The molecule has 0 aromatic rings. The van der Waals surface area contributed by atoms with Gasteiger partial charge in [-0.2, -0.15) is 0 Å². The Morgan fingerprint density at radius 2 is 1.88 bits per heavy atom. The van der Waals surface area contributed by atoms with Gasteiger partial charge in [0, 0.05) is 18.9 Å². The van der Waals surface area contributed by atoms with Crippen molar-refractivity contribution in [1.82, 2.24) is 5.32 Å². The number of carbonyl (C=O) groups is 2. The van der Waals surface area contributed by atoms with Crippen LogP contribution in [0.15, 0.2) is 0 Å². The van der Waals surface area contributed by atoms with E-state index in [9.17, 15) is 9.59 Å². The second-order valence-corrected chi connectivity index (χ2v) is 4.36. The van der Waals surface area contributed by atoms with Gasteiger partial charge in [-0.15, -0.1) is 0 Å². The Bertz CT molecular complexity index is 227. The molecule has 0 aliphatic carbocycles. The number of ketones is 1. The van der Waals surface area contributed by atoms with Crippen LogP contribution >= 0.6 is 0 Å². The summed E-state index contributed by atoms with van der Waals surface area (Å²) in [6, 6.07) is -0.345. The summed E-state index contributed by atoms with van der Waals surface area (Å²) in [4.78, 5) is 22.4. The van der Waals surface area contributed by atoms with E-state index in [-0.39, 0.29) is 23.7 Å². The van der Waals surface area contributed by atoms with Crippen molar-refractivity contribution < 1.29 is 9.59 Å². The average Bonchev–Trinajstić information content (AvgIpc) is 2.26. The Balaban J connectivity index is 3.52. The molecule has 3 N–H and O–H groups in total. The number of nitrogens with two attached hydrogens (primary N) is 1. The highest BCUT2D eigenvalue weighted by Gasteiger charge is 2.15. The van der Waals surface area contributed by atoms with Crippen molar-refractivity contribution in [3.05, 3.63) is 0 Å². The molecule has 16 heavy (non-hydrogen) atoms. The Hall–Kier alpha value is -0.900. The molecule has 4 nitrogen and oxygen atoms in total. The Morgan fingerprint density at radius 3 is 2.38 bits per heavy atom. The van der Waals surface area contributed by atoms with Crippen LogP contribution in [0.4, 0.5) is 0 Å². The molecule has 0 aromatic heterocycles. The highest BCUT2D eigenvalue weighted by atomic mass is 16.1. The van der Waals surface area contributed by atoms with Crippen molar-refractivity contribution in [3.63, 3.8) is 0 Å². The summed E-state index contributed by atoms with van der Waals surface area (Å²) in [5.74, 6) is 0.204. The van der Waals surface area contributed by atoms with E-state index in [4.69, 9.17) is 5.73 Å². The highest BCUT2D eigenvalue weighted by Crippen LogP contribution is 2.05. The largest absolute Gasteiger partial charge is 0.356 e. The number of amides is 1. The van der Waals surface area contributed by atoms with Crippen LogP contribution < -0.4 is 11.1 Å². The van der Waals surface area contributed by atoms with Gasteiger partial charge in [-0.1, -0.05) is 20.8 Å². The van der Waals surface area contributed by atoms with E-state index < -0.39 is 0 Å².